The number of aliphatic carboxylic acids is 3. The fourth-order valence-electron chi connectivity index (χ4n) is 5.64. The lowest BCUT2D eigenvalue weighted by Gasteiger charge is -2.31. The maximum Gasteiger partial charge on any atom is 0.336 e. The largest absolute Gasteiger partial charge is 0.493 e. The second-order valence-corrected chi connectivity index (χ2v) is 12.7. The number of fused-ring (bicyclic) bond motifs is 1. The van der Waals surface area contributed by atoms with E-state index in [1.807, 2.05) is 19.1 Å². The number of anilines is 2. The van der Waals surface area contributed by atoms with Gasteiger partial charge in [-0.2, -0.15) is 0 Å². The number of ether oxygens (including phenoxy) is 3. The van der Waals surface area contributed by atoms with Crippen molar-refractivity contribution in [1.29, 1.82) is 0 Å². The number of benzene rings is 2. The number of aliphatic hydroxyl groups is 1. The molecule has 0 unspecified atom stereocenters. The summed E-state index contributed by atoms with van der Waals surface area (Å²) in [7, 11) is 1.56. The van der Waals surface area contributed by atoms with Crippen LogP contribution in [0.15, 0.2) is 79.9 Å². The van der Waals surface area contributed by atoms with Crippen LogP contribution in [-0.4, -0.2) is 106 Å². The number of methoxy groups -OCH3 is 1. The Morgan fingerprint density at radius 1 is 0.982 bits per heavy atom. The molecule has 4 heterocycles. The lowest BCUT2D eigenvalue weighted by molar-refractivity contribution is -0.170. The van der Waals surface area contributed by atoms with Gasteiger partial charge < -0.3 is 44.9 Å². The molecule has 5 N–H and O–H groups in total. The van der Waals surface area contributed by atoms with Crippen molar-refractivity contribution in [2.75, 3.05) is 25.5 Å². The lowest BCUT2D eigenvalue weighted by Crippen LogP contribution is -2.42. The van der Waals surface area contributed by atoms with Gasteiger partial charge in [0.05, 0.1) is 43.0 Å². The lowest BCUT2D eigenvalue weighted by atomic mass is 9.96. The molecule has 19 heteroatoms. The molecule has 1 aliphatic heterocycles. The SMILES string of the molecule is C=CC(=O)N1CCC(Oc2cc3c(Nc4ccc(Oc5ccn(-c6ccc(C)nc6)n5)cc4F)ncnc3cc2OC)CC1.O=C(O)CC(O)(CC(=O)O)C(=O)O. The first-order chi connectivity index (χ1) is 27.2. The molecule has 0 bridgehead atoms. The van der Waals surface area contributed by atoms with Gasteiger partial charge in [-0.05, 0) is 43.3 Å². The number of nitrogens with zero attached hydrogens (tertiary/aromatic N) is 6. The van der Waals surface area contributed by atoms with Gasteiger partial charge in [0.15, 0.2) is 17.1 Å². The van der Waals surface area contributed by atoms with Crippen molar-refractivity contribution >= 4 is 46.2 Å². The van der Waals surface area contributed by atoms with Gasteiger partial charge in [-0.1, -0.05) is 6.58 Å². The molecule has 1 fully saturated rings. The van der Waals surface area contributed by atoms with Gasteiger partial charge in [-0.15, -0.1) is 5.10 Å². The summed E-state index contributed by atoms with van der Waals surface area (Å²) in [4.78, 5) is 57.2. The number of aryl methyl sites for hydroxylation is 1. The molecule has 6 rings (SSSR count). The van der Waals surface area contributed by atoms with Gasteiger partial charge in [-0.25, -0.2) is 23.8 Å². The number of likely N-dealkylation sites (tertiary alicyclic amines) is 1. The standard InChI is InChI=1S/C32H30FN7O4.C6H8O7/c1-4-31(41)39-12-9-22(10-13-39)43-29-16-24-27(17-28(29)42-3)35-19-36-32(24)37-26-8-7-23(15-25(26)33)44-30-11-14-40(38-30)21-6-5-20(2)34-18-21;7-3(8)1-6(13,5(11)12)2-4(9)10/h4-8,11,14-19,22H,1,9-10,12-13H2,2-3H3,(H,35,36,37);13H,1-2H2,(H,7,8)(H,9,10)(H,11,12). The number of carbonyl (C=O) groups excluding carboxylic acids is 1. The van der Waals surface area contributed by atoms with Crippen LogP contribution in [0.3, 0.4) is 0 Å². The molecular formula is C38H38FN7O11. The topological polar surface area (TPSA) is 249 Å². The van der Waals surface area contributed by atoms with Crippen LogP contribution < -0.4 is 19.5 Å². The van der Waals surface area contributed by atoms with Crippen molar-refractivity contribution in [3.05, 3.63) is 91.4 Å². The highest BCUT2D eigenvalue weighted by atomic mass is 19.1. The number of nitrogens with one attached hydrogen (secondary N) is 1. The van der Waals surface area contributed by atoms with E-state index in [2.05, 4.69) is 31.9 Å². The zero-order valence-electron chi connectivity index (χ0n) is 30.7. The third kappa shape index (κ3) is 10.5. The molecule has 5 aromatic rings. The summed E-state index contributed by atoms with van der Waals surface area (Å²) in [6.45, 7) is 6.62. The second-order valence-electron chi connectivity index (χ2n) is 12.7. The third-order valence-electron chi connectivity index (χ3n) is 8.57. The molecule has 298 valence electrons. The predicted octanol–water partition coefficient (Wildman–Crippen LogP) is 4.51. The number of amides is 1. The number of carboxylic acid groups (broad SMARTS) is 3. The summed E-state index contributed by atoms with van der Waals surface area (Å²) in [5, 5.41) is 41.9. The summed E-state index contributed by atoms with van der Waals surface area (Å²) in [5.41, 5.74) is -0.258. The van der Waals surface area contributed by atoms with Crippen molar-refractivity contribution < 1.29 is 58.2 Å². The summed E-state index contributed by atoms with van der Waals surface area (Å²) < 4.78 is 34.6. The van der Waals surface area contributed by atoms with Gasteiger partial charge in [-0.3, -0.25) is 19.4 Å². The minimum absolute atomic E-state index is 0.0851. The Bertz CT molecular complexity index is 2260. The zero-order valence-corrected chi connectivity index (χ0v) is 30.7. The number of hydrogen-bond donors (Lipinski definition) is 5. The fraction of sp³-hybridized carbons (Fsp3) is 0.263. The fourth-order valence-corrected chi connectivity index (χ4v) is 5.64. The van der Waals surface area contributed by atoms with E-state index in [0.717, 1.165) is 11.4 Å². The third-order valence-corrected chi connectivity index (χ3v) is 8.57. The molecule has 1 amide bonds. The smallest absolute Gasteiger partial charge is 0.336 e. The van der Waals surface area contributed by atoms with E-state index in [-0.39, 0.29) is 23.4 Å². The molecular weight excluding hydrogens is 749 g/mol. The molecule has 57 heavy (non-hydrogen) atoms. The van der Waals surface area contributed by atoms with Crippen LogP contribution in [0, 0.1) is 12.7 Å². The highest BCUT2D eigenvalue weighted by molar-refractivity contribution is 5.93. The number of pyridine rings is 1. The zero-order chi connectivity index (χ0) is 41.3. The van der Waals surface area contributed by atoms with Crippen LogP contribution in [0.4, 0.5) is 15.9 Å². The molecule has 0 atom stereocenters. The summed E-state index contributed by atoms with van der Waals surface area (Å²) in [6.07, 6.45) is 5.11. The number of rotatable bonds is 14. The summed E-state index contributed by atoms with van der Waals surface area (Å²) in [5.74, 6) is -3.63. The maximum absolute atomic E-state index is 15.3. The average Bonchev–Trinajstić information content (AvgIpc) is 3.64. The van der Waals surface area contributed by atoms with Gasteiger partial charge in [0, 0.05) is 61.4 Å². The average molecular weight is 788 g/mol. The quantitative estimate of drug-likeness (QED) is 0.0971. The Morgan fingerprint density at radius 2 is 1.70 bits per heavy atom. The van der Waals surface area contributed by atoms with Crippen LogP contribution in [-0.2, 0) is 19.2 Å². The van der Waals surface area contributed by atoms with Crippen molar-refractivity contribution in [2.45, 2.75) is 44.3 Å². The molecule has 1 aliphatic rings. The van der Waals surface area contributed by atoms with Crippen LogP contribution >= 0.6 is 0 Å². The molecule has 2 aromatic carbocycles. The predicted molar refractivity (Wildman–Crippen MR) is 199 cm³/mol. The van der Waals surface area contributed by atoms with E-state index >= 15 is 4.39 Å². The van der Waals surface area contributed by atoms with E-state index in [4.69, 9.17) is 34.6 Å². The first-order valence-electron chi connectivity index (χ1n) is 17.2. The van der Waals surface area contributed by atoms with E-state index in [1.54, 1.807) is 59.4 Å². The van der Waals surface area contributed by atoms with Crippen molar-refractivity contribution in [1.82, 2.24) is 29.6 Å². The molecule has 0 spiro atoms. The Morgan fingerprint density at radius 3 is 2.30 bits per heavy atom. The Balaban J connectivity index is 0.000000411. The molecule has 1 saturated heterocycles. The van der Waals surface area contributed by atoms with Crippen molar-refractivity contribution in [2.24, 2.45) is 0 Å². The van der Waals surface area contributed by atoms with Crippen LogP contribution in [0.2, 0.25) is 0 Å². The minimum atomic E-state index is -2.74. The van der Waals surface area contributed by atoms with E-state index in [0.29, 0.717) is 60.0 Å². The van der Waals surface area contributed by atoms with Gasteiger partial charge >= 0.3 is 17.9 Å². The van der Waals surface area contributed by atoms with Gasteiger partial charge in [0.1, 0.15) is 29.8 Å². The van der Waals surface area contributed by atoms with E-state index < -0.39 is 42.2 Å². The highest BCUT2D eigenvalue weighted by Gasteiger charge is 2.40. The molecule has 0 saturated carbocycles. The van der Waals surface area contributed by atoms with E-state index in [9.17, 15) is 19.2 Å². The van der Waals surface area contributed by atoms with Crippen LogP contribution in [0.25, 0.3) is 16.6 Å². The molecule has 3 aromatic heterocycles. The minimum Gasteiger partial charge on any atom is -0.493 e. The first kappa shape index (κ1) is 41.0. The van der Waals surface area contributed by atoms with Crippen molar-refractivity contribution in [3.8, 4) is 28.8 Å². The van der Waals surface area contributed by atoms with Crippen LogP contribution in [0.1, 0.15) is 31.4 Å². The summed E-state index contributed by atoms with van der Waals surface area (Å²) >= 11 is 0. The number of piperidine rings is 1. The highest BCUT2D eigenvalue weighted by Crippen LogP contribution is 2.37. The summed E-state index contributed by atoms with van der Waals surface area (Å²) in [6, 6.07) is 13.5. The number of aromatic nitrogens is 5. The van der Waals surface area contributed by atoms with Gasteiger partial charge in [0.2, 0.25) is 11.8 Å². The number of carbonyl (C=O) groups is 4. The second kappa shape index (κ2) is 18.0. The van der Waals surface area contributed by atoms with Gasteiger partial charge in [0.25, 0.3) is 0 Å². The monoisotopic (exact) mass is 787 g/mol. The number of hydrogen-bond acceptors (Lipinski definition) is 13. The molecule has 0 radical (unpaired) electrons. The van der Waals surface area contributed by atoms with Crippen molar-refractivity contribution in [3.63, 3.8) is 0 Å². The Kier molecular flexibility index (Phi) is 12.9. The normalized spacial score (nSPS) is 12.9. The Labute approximate surface area is 323 Å². The number of halogens is 1. The molecule has 18 nitrogen and oxygen atoms in total. The first-order valence-corrected chi connectivity index (χ1v) is 17.2. The van der Waals surface area contributed by atoms with Crippen LogP contribution in [0.5, 0.6) is 23.1 Å². The maximum atomic E-state index is 15.3. The number of carboxylic acids is 3. The molecule has 0 aliphatic carbocycles. The Hall–Kier alpha value is -7.15. The van der Waals surface area contributed by atoms with E-state index in [1.165, 1.54) is 18.5 Å².